The summed E-state index contributed by atoms with van der Waals surface area (Å²) >= 11 is 0. The Bertz CT molecular complexity index is 435. The van der Waals surface area contributed by atoms with Gasteiger partial charge in [-0.1, -0.05) is 19.9 Å². The van der Waals surface area contributed by atoms with Crippen molar-refractivity contribution in [3.05, 3.63) is 35.4 Å². The van der Waals surface area contributed by atoms with Crippen molar-refractivity contribution >= 4 is 5.91 Å². The predicted molar refractivity (Wildman–Crippen MR) is 70.7 cm³/mol. The minimum atomic E-state index is -0.645. The largest absolute Gasteiger partial charge is 0.349 e. The van der Waals surface area contributed by atoms with Crippen LogP contribution in [0.25, 0.3) is 0 Å². The van der Waals surface area contributed by atoms with Crippen LogP contribution in [-0.2, 0) is 4.79 Å². The van der Waals surface area contributed by atoms with Gasteiger partial charge in [0, 0.05) is 30.6 Å². The van der Waals surface area contributed by atoms with Gasteiger partial charge in [0.1, 0.15) is 11.6 Å². The molecule has 0 aliphatic rings. The first kappa shape index (κ1) is 15.6. The van der Waals surface area contributed by atoms with Crippen LogP contribution in [0.3, 0.4) is 0 Å². The molecule has 1 amide bonds. The van der Waals surface area contributed by atoms with E-state index in [1.165, 1.54) is 12.1 Å². The molecular formula is C14H20F2N2O. The molecule has 0 heterocycles. The van der Waals surface area contributed by atoms with Gasteiger partial charge in [0.25, 0.3) is 0 Å². The molecule has 0 spiro atoms. The minimum absolute atomic E-state index is 0.163. The number of hydrogen-bond donors (Lipinski definition) is 2. The maximum Gasteiger partial charge on any atom is 0.221 e. The third-order valence-corrected chi connectivity index (χ3v) is 2.71. The second-order valence-corrected chi connectivity index (χ2v) is 4.81. The van der Waals surface area contributed by atoms with Crippen molar-refractivity contribution in [2.24, 2.45) is 0 Å². The molecule has 0 aromatic heterocycles. The van der Waals surface area contributed by atoms with Gasteiger partial charge >= 0.3 is 0 Å². The molecule has 19 heavy (non-hydrogen) atoms. The van der Waals surface area contributed by atoms with Crippen LogP contribution < -0.4 is 10.6 Å². The molecule has 0 aliphatic heterocycles. The van der Waals surface area contributed by atoms with Crippen molar-refractivity contribution in [2.45, 2.75) is 39.3 Å². The van der Waals surface area contributed by atoms with Crippen molar-refractivity contribution in [1.82, 2.24) is 10.6 Å². The van der Waals surface area contributed by atoms with E-state index in [-0.39, 0.29) is 11.5 Å². The molecule has 1 aromatic carbocycles. The Kier molecular flexibility index (Phi) is 5.89. The Morgan fingerprint density at radius 3 is 2.53 bits per heavy atom. The number of halogens is 2. The highest BCUT2D eigenvalue weighted by Gasteiger charge is 2.14. The van der Waals surface area contributed by atoms with Crippen LogP contribution in [0.15, 0.2) is 18.2 Å². The third-order valence-electron chi connectivity index (χ3n) is 2.71. The molecule has 0 saturated carbocycles. The zero-order valence-electron chi connectivity index (χ0n) is 11.5. The minimum Gasteiger partial charge on any atom is -0.349 e. The maximum atomic E-state index is 13.5. The fourth-order valence-corrected chi connectivity index (χ4v) is 1.72. The molecule has 0 radical (unpaired) electrons. The van der Waals surface area contributed by atoms with E-state index in [9.17, 15) is 13.6 Å². The molecule has 0 bridgehead atoms. The van der Waals surface area contributed by atoms with E-state index in [4.69, 9.17) is 0 Å². The third kappa shape index (κ3) is 5.34. The summed E-state index contributed by atoms with van der Waals surface area (Å²) in [6.45, 7) is 6.23. The Morgan fingerprint density at radius 2 is 1.95 bits per heavy atom. The van der Waals surface area contributed by atoms with Gasteiger partial charge in [-0.15, -0.1) is 0 Å². The van der Waals surface area contributed by atoms with Crippen molar-refractivity contribution in [2.75, 3.05) is 6.54 Å². The Hall–Kier alpha value is -1.49. The van der Waals surface area contributed by atoms with E-state index in [1.54, 1.807) is 6.92 Å². The van der Waals surface area contributed by atoms with Crippen LogP contribution in [0.2, 0.25) is 0 Å². The Labute approximate surface area is 112 Å². The lowest BCUT2D eigenvalue weighted by atomic mass is 10.1. The molecule has 1 atom stereocenters. The highest BCUT2D eigenvalue weighted by atomic mass is 19.1. The Morgan fingerprint density at radius 1 is 1.26 bits per heavy atom. The van der Waals surface area contributed by atoms with E-state index < -0.39 is 17.7 Å². The first-order valence-electron chi connectivity index (χ1n) is 6.38. The molecule has 1 unspecified atom stereocenters. The molecule has 0 fully saturated rings. The fraction of sp³-hybridized carbons (Fsp3) is 0.500. The molecule has 1 rings (SSSR count). The summed E-state index contributed by atoms with van der Waals surface area (Å²) in [7, 11) is 0. The summed E-state index contributed by atoms with van der Waals surface area (Å²) in [5.41, 5.74) is 0.284. The Balaban J connectivity index is 2.49. The molecule has 5 heteroatoms. The maximum absolute atomic E-state index is 13.5. The normalized spacial score (nSPS) is 12.5. The SMILES string of the molecule is CC(C)NCCC(=O)NC(C)c1ccc(F)cc1F. The van der Waals surface area contributed by atoms with Gasteiger partial charge in [-0.05, 0) is 13.0 Å². The molecule has 106 valence electrons. The zero-order valence-corrected chi connectivity index (χ0v) is 11.5. The van der Waals surface area contributed by atoms with Crippen LogP contribution in [0, 0.1) is 11.6 Å². The molecule has 2 N–H and O–H groups in total. The van der Waals surface area contributed by atoms with E-state index >= 15 is 0 Å². The molecule has 0 saturated heterocycles. The number of nitrogens with one attached hydrogen (secondary N) is 2. The van der Waals surface area contributed by atoms with E-state index in [0.717, 1.165) is 6.07 Å². The lowest BCUT2D eigenvalue weighted by molar-refractivity contribution is -0.121. The number of hydrogen-bond acceptors (Lipinski definition) is 2. The van der Waals surface area contributed by atoms with E-state index in [2.05, 4.69) is 10.6 Å². The summed E-state index contributed by atoms with van der Waals surface area (Å²) in [5.74, 6) is -1.43. The number of rotatable bonds is 6. The first-order chi connectivity index (χ1) is 8.90. The van der Waals surface area contributed by atoms with Gasteiger partial charge in [0.05, 0.1) is 6.04 Å². The monoisotopic (exact) mass is 270 g/mol. The second kappa shape index (κ2) is 7.19. The number of benzene rings is 1. The van der Waals surface area contributed by atoms with Crippen molar-refractivity contribution in [3.8, 4) is 0 Å². The number of carbonyl (C=O) groups excluding carboxylic acids is 1. The second-order valence-electron chi connectivity index (χ2n) is 4.81. The summed E-state index contributed by atoms with van der Waals surface area (Å²) in [6, 6.07) is 3.19. The summed E-state index contributed by atoms with van der Waals surface area (Å²) in [4.78, 5) is 11.6. The standard InChI is InChI=1S/C14H20F2N2O/c1-9(2)17-7-6-14(19)18-10(3)12-5-4-11(15)8-13(12)16/h4-5,8-10,17H,6-7H2,1-3H3,(H,18,19). The van der Waals surface area contributed by atoms with E-state index in [0.29, 0.717) is 19.0 Å². The smallest absolute Gasteiger partial charge is 0.221 e. The van der Waals surface area contributed by atoms with Crippen molar-refractivity contribution in [1.29, 1.82) is 0 Å². The molecule has 1 aromatic rings. The van der Waals surface area contributed by atoms with Gasteiger partial charge in [0.15, 0.2) is 0 Å². The van der Waals surface area contributed by atoms with Crippen LogP contribution in [0.1, 0.15) is 38.8 Å². The van der Waals surface area contributed by atoms with Gasteiger partial charge in [-0.25, -0.2) is 8.78 Å². The fourth-order valence-electron chi connectivity index (χ4n) is 1.72. The van der Waals surface area contributed by atoms with Crippen molar-refractivity contribution < 1.29 is 13.6 Å². The lowest BCUT2D eigenvalue weighted by Gasteiger charge is -2.15. The lowest BCUT2D eigenvalue weighted by Crippen LogP contribution is -2.32. The van der Waals surface area contributed by atoms with E-state index in [1.807, 2.05) is 13.8 Å². The van der Waals surface area contributed by atoms with Gasteiger partial charge < -0.3 is 10.6 Å². The van der Waals surface area contributed by atoms with Gasteiger partial charge in [0.2, 0.25) is 5.91 Å². The highest BCUT2D eigenvalue weighted by molar-refractivity contribution is 5.76. The van der Waals surface area contributed by atoms with Crippen LogP contribution in [-0.4, -0.2) is 18.5 Å². The zero-order chi connectivity index (χ0) is 14.4. The highest BCUT2D eigenvalue weighted by Crippen LogP contribution is 2.17. The van der Waals surface area contributed by atoms with Crippen LogP contribution in [0.4, 0.5) is 8.78 Å². The van der Waals surface area contributed by atoms with Crippen LogP contribution >= 0.6 is 0 Å². The molecule has 3 nitrogen and oxygen atoms in total. The first-order valence-corrected chi connectivity index (χ1v) is 6.38. The summed E-state index contributed by atoms with van der Waals surface area (Å²) < 4.78 is 26.3. The van der Waals surface area contributed by atoms with Gasteiger partial charge in [-0.3, -0.25) is 4.79 Å². The van der Waals surface area contributed by atoms with Crippen LogP contribution in [0.5, 0.6) is 0 Å². The predicted octanol–water partition coefficient (Wildman–Crippen LogP) is 2.53. The average molecular weight is 270 g/mol. The molecular weight excluding hydrogens is 250 g/mol. The molecule has 0 aliphatic carbocycles. The summed E-state index contributed by atoms with van der Waals surface area (Å²) in [6.07, 6.45) is 0.325. The quantitative estimate of drug-likeness (QED) is 0.834. The number of amides is 1. The topological polar surface area (TPSA) is 41.1 Å². The van der Waals surface area contributed by atoms with Crippen molar-refractivity contribution in [3.63, 3.8) is 0 Å². The number of carbonyl (C=O) groups is 1. The average Bonchev–Trinajstić information content (AvgIpc) is 2.27. The summed E-state index contributed by atoms with van der Waals surface area (Å²) in [5, 5.41) is 5.81. The van der Waals surface area contributed by atoms with Gasteiger partial charge in [-0.2, -0.15) is 0 Å².